The van der Waals surface area contributed by atoms with E-state index in [1.54, 1.807) is 10.8 Å². The highest BCUT2D eigenvalue weighted by Crippen LogP contribution is 2.47. The SMILES string of the molecule is CC(C)(CCCCN1CCCCCC1=O)C1=C[SH](S(=O)(=O)O)C=C1. The van der Waals surface area contributed by atoms with Gasteiger partial charge in [0.25, 0.3) is 0 Å². The topological polar surface area (TPSA) is 74.7 Å². The average molecular weight is 376 g/mol. The molecule has 2 aliphatic heterocycles. The number of rotatable bonds is 7. The predicted octanol–water partition coefficient (Wildman–Crippen LogP) is 3.80. The molecule has 0 aromatic carbocycles. The van der Waals surface area contributed by atoms with E-state index in [4.69, 9.17) is 0 Å². The van der Waals surface area contributed by atoms with Crippen molar-refractivity contribution in [2.45, 2.75) is 58.8 Å². The normalized spacial score (nSPS) is 24.1. The molecule has 1 unspecified atom stereocenters. The van der Waals surface area contributed by atoms with Crippen LogP contribution in [0.3, 0.4) is 0 Å². The summed E-state index contributed by atoms with van der Waals surface area (Å²) in [4.78, 5) is 14.0. The first-order valence-corrected chi connectivity index (χ1v) is 12.2. The fraction of sp³-hybridized carbons (Fsp3) is 0.706. The second-order valence-corrected chi connectivity index (χ2v) is 12.1. The maximum Gasteiger partial charge on any atom is 0.306 e. The Bertz CT molecular complexity index is 623. The minimum atomic E-state index is -3.99. The Labute approximate surface area is 147 Å². The lowest BCUT2D eigenvalue weighted by atomic mass is 9.80. The van der Waals surface area contributed by atoms with Crippen molar-refractivity contribution in [3.63, 3.8) is 0 Å². The Morgan fingerprint density at radius 2 is 2.00 bits per heavy atom. The maximum atomic E-state index is 12.0. The molecule has 1 saturated heterocycles. The molecule has 1 N–H and O–H groups in total. The largest absolute Gasteiger partial charge is 0.343 e. The summed E-state index contributed by atoms with van der Waals surface area (Å²) < 4.78 is 31.7. The van der Waals surface area contributed by atoms with Crippen LogP contribution in [-0.4, -0.2) is 36.9 Å². The van der Waals surface area contributed by atoms with Crippen LogP contribution in [0.5, 0.6) is 0 Å². The zero-order valence-corrected chi connectivity index (χ0v) is 16.3. The summed E-state index contributed by atoms with van der Waals surface area (Å²) >= 11 is 0. The molecule has 1 amide bonds. The Hall–Kier alpha value is -0.790. The van der Waals surface area contributed by atoms with Gasteiger partial charge in [-0.3, -0.25) is 9.35 Å². The number of carbonyl (C=O) groups excluding carboxylic acids is 1. The third-order valence-electron chi connectivity index (χ3n) is 4.87. The summed E-state index contributed by atoms with van der Waals surface area (Å²) in [6.07, 6.45) is 8.67. The molecule has 0 spiro atoms. The van der Waals surface area contributed by atoms with Gasteiger partial charge in [0.05, 0.1) is 0 Å². The first-order chi connectivity index (χ1) is 11.2. The van der Waals surface area contributed by atoms with Crippen LogP contribution in [-0.2, 0) is 13.9 Å². The minimum absolute atomic E-state index is 0.124. The van der Waals surface area contributed by atoms with Gasteiger partial charge in [0.15, 0.2) is 0 Å². The van der Waals surface area contributed by atoms with Gasteiger partial charge in [-0.25, -0.2) is 0 Å². The number of likely N-dealkylation sites (tertiary alicyclic amines) is 1. The number of thiol groups is 1. The highest BCUT2D eigenvalue weighted by molar-refractivity contribution is 8.81. The average Bonchev–Trinajstić information content (AvgIpc) is 2.92. The molecule has 2 aliphatic rings. The minimum Gasteiger partial charge on any atom is -0.343 e. The summed E-state index contributed by atoms with van der Waals surface area (Å²) in [5, 5.41) is 3.29. The van der Waals surface area contributed by atoms with E-state index in [9.17, 15) is 17.8 Å². The maximum absolute atomic E-state index is 12.0. The Morgan fingerprint density at radius 3 is 2.67 bits per heavy atom. The van der Waals surface area contributed by atoms with Crippen molar-refractivity contribution in [3.8, 4) is 0 Å². The molecule has 0 radical (unpaired) electrons. The molecular formula is C17H29NO4S2. The van der Waals surface area contributed by atoms with Crippen molar-refractivity contribution in [2.24, 2.45) is 5.41 Å². The number of unbranched alkanes of at least 4 members (excludes halogenated alkanes) is 1. The van der Waals surface area contributed by atoms with Gasteiger partial charge in [-0.05, 0) is 47.5 Å². The van der Waals surface area contributed by atoms with Gasteiger partial charge in [0.2, 0.25) is 5.91 Å². The van der Waals surface area contributed by atoms with Crippen LogP contribution in [0.1, 0.15) is 58.8 Å². The number of amides is 1. The lowest BCUT2D eigenvalue weighted by molar-refractivity contribution is -0.130. The zero-order valence-electron chi connectivity index (χ0n) is 14.6. The summed E-state index contributed by atoms with van der Waals surface area (Å²) in [7, 11) is -5.58. The number of hydrogen-bond donors (Lipinski definition) is 2. The first kappa shape index (κ1) is 19.5. The van der Waals surface area contributed by atoms with Gasteiger partial charge in [-0.2, -0.15) is 8.42 Å². The molecule has 24 heavy (non-hydrogen) atoms. The van der Waals surface area contributed by atoms with Crippen molar-refractivity contribution in [3.05, 3.63) is 22.5 Å². The number of nitrogens with zero attached hydrogens (tertiary/aromatic N) is 1. The zero-order chi connectivity index (χ0) is 17.8. The highest BCUT2D eigenvalue weighted by atomic mass is 33.2. The number of allylic oxidation sites excluding steroid dienone is 2. The van der Waals surface area contributed by atoms with E-state index >= 15 is 0 Å². The Balaban J connectivity index is 1.81. The van der Waals surface area contributed by atoms with Gasteiger partial charge < -0.3 is 4.90 Å². The molecule has 0 bridgehead atoms. The third kappa shape index (κ3) is 5.36. The van der Waals surface area contributed by atoms with E-state index in [1.165, 1.54) is 0 Å². The van der Waals surface area contributed by atoms with E-state index in [0.29, 0.717) is 6.42 Å². The molecule has 1 fully saturated rings. The van der Waals surface area contributed by atoms with Gasteiger partial charge in [0, 0.05) is 19.5 Å². The smallest absolute Gasteiger partial charge is 0.306 e. The molecule has 0 aromatic heterocycles. The van der Waals surface area contributed by atoms with Crippen molar-refractivity contribution in [1.29, 1.82) is 0 Å². The number of hydrogen-bond acceptors (Lipinski definition) is 3. The summed E-state index contributed by atoms with van der Waals surface area (Å²) in [6, 6.07) is 0. The van der Waals surface area contributed by atoms with Crippen LogP contribution in [0.25, 0.3) is 0 Å². The van der Waals surface area contributed by atoms with Gasteiger partial charge in [0.1, 0.15) is 0 Å². The van der Waals surface area contributed by atoms with Gasteiger partial charge in [-0.1, -0.05) is 42.7 Å². The third-order valence-corrected chi connectivity index (χ3v) is 8.65. The van der Waals surface area contributed by atoms with Gasteiger partial charge >= 0.3 is 9.15 Å². The van der Waals surface area contributed by atoms with Crippen LogP contribution in [0.4, 0.5) is 0 Å². The molecule has 7 heteroatoms. The van der Waals surface area contributed by atoms with Crippen molar-refractivity contribution in [1.82, 2.24) is 4.90 Å². The molecule has 0 saturated carbocycles. The van der Waals surface area contributed by atoms with Crippen LogP contribution in [0.15, 0.2) is 22.5 Å². The molecular weight excluding hydrogens is 346 g/mol. The van der Waals surface area contributed by atoms with E-state index in [0.717, 1.165) is 57.2 Å². The molecule has 138 valence electrons. The highest BCUT2D eigenvalue weighted by Gasteiger charge is 2.27. The van der Waals surface area contributed by atoms with E-state index in [2.05, 4.69) is 13.8 Å². The van der Waals surface area contributed by atoms with Crippen molar-refractivity contribution < 1.29 is 17.8 Å². The molecule has 2 heterocycles. The molecule has 5 nitrogen and oxygen atoms in total. The standard InChI is InChI=1S/C17H29NO4S2/c1-17(2,15-9-13-23(14-15)24(20,21)22)10-5-7-12-18-11-6-3-4-8-16(18)19/h9,13-14,23H,3-8,10-12H2,1-2H3,(H,20,21,22). The quantitative estimate of drug-likeness (QED) is 0.307. The lowest BCUT2D eigenvalue weighted by Crippen LogP contribution is -2.31. The lowest BCUT2D eigenvalue weighted by Gasteiger charge is -2.26. The molecule has 1 atom stereocenters. The van der Waals surface area contributed by atoms with E-state index < -0.39 is 19.1 Å². The summed E-state index contributed by atoms with van der Waals surface area (Å²) in [6.45, 7) is 5.91. The summed E-state index contributed by atoms with van der Waals surface area (Å²) in [5.74, 6) is 0.284. The molecule has 2 rings (SSSR count). The molecule has 0 aromatic rings. The van der Waals surface area contributed by atoms with E-state index in [-0.39, 0.29) is 11.3 Å². The fourth-order valence-electron chi connectivity index (χ4n) is 3.21. The second-order valence-electron chi connectivity index (χ2n) is 7.24. The number of carbonyl (C=O) groups is 1. The van der Waals surface area contributed by atoms with E-state index in [1.807, 2.05) is 11.0 Å². The second kappa shape index (κ2) is 8.06. The Morgan fingerprint density at radius 1 is 1.25 bits per heavy atom. The predicted molar refractivity (Wildman–Crippen MR) is 100 cm³/mol. The fourth-order valence-corrected chi connectivity index (χ4v) is 5.98. The summed E-state index contributed by atoms with van der Waals surface area (Å²) in [5.41, 5.74) is 0.859. The van der Waals surface area contributed by atoms with Crippen molar-refractivity contribution in [2.75, 3.05) is 13.1 Å². The van der Waals surface area contributed by atoms with Crippen LogP contribution in [0.2, 0.25) is 0 Å². The molecule has 0 aliphatic carbocycles. The van der Waals surface area contributed by atoms with Gasteiger partial charge in [-0.15, -0.1) is 0 Å². The van der Waals surface area contributed by atoms with Crippen molar-refractivity contribution >= 4 is 25.0 Å². The monoisotopic (exact) mass is 375 g/mol. The van der Waals surface area contributed by atoms with Crippen LogP contribution in [0, 0.1) is 5.41 Å². The van der Waals surface area contributed by atoms with Crippen LogP contribution < -0.4 is 0 Å². The Kier molecular flexibility index (Phi) is 6.56. The first-order valence-electron chi connectivity index (χ1n) is 8.64. The van der Waals surface area contributed by atoms with Crippen LogP contribution >= 0.6 is 9.93 Å².